The van der Waals surface area contributed by atoms with E-state index in [1.54, 1.807) is 12.4 Å². The second-order valence-electron chi connectivity index (χ2n) is 17.5. The van der Waals surface area contributed by atoms with Crippen LogP contribution in [-0.2, 0) is 5.41 Å². The van der Waals surface area contributed by atoms with Crippen LogP contribution < -0.4 is 14.7 Å². The van der Waals surface area contributed by atoms with Crippen molar-refractivity contribution in [3.63, 3.8) is 0 Å². The fourth-order valence-corrected chi connectivity index (χ4v) is 10.1. The summed E-state index contributed by atoms with van der Waals surface area (Å²) < 4.78 is 0. The van der Waals surface area contributed by atoms with Gasteiger partial charge in [-0.25, -0.2) is 0 Å². The van der Waals surface area contributed by atoms with Crippen molar-refractivity contribution in [3.05, 3.63) is 248 Å². The number of fused-ring (bicyclic) bond motifs is 8. The lowest BCUT2D eigenvalue weighted by Crippen LogP contribution is -2.31. The molecule has 11 aromatic rings. The van der Waals surface area contributed by atoms with E-state index in [0.717, 1.165) is 89.3 Å². The van der Waals surface area contributed by atoms with Crippen molar-refractivity contribution in [2.75, 3.05) is 14.7 Å². The molecule has 1 aromatic heterocycles. The van der Waals surface area contributed by atoms with Crippen LogP contribution >= 0.6 is 0 Å². The Labute approximate surface area is 385 Å². The van der Waals surface area contributed by atoms with Gasteiger partial charge in [-0.3, -0.25) is 9.97 Å². The van der Waals surface area contributed by atoms with Gasteiger partial charge < -0.3 is 14.7 Å². The van der Waals surface area contributed by atoms with Crippen molar-refractivity contribution in [2.45, 2.75) is 19.3 Å². The van der Waals surface area contributed by atoms with Gasteiger partial charge in [-0.05, 0) is 136 Å². The van der Waals surface area contributed by atoms with Crippen LogP contribution in [0.5, 0.6) is 0 Å². The Hall–Kier alpha value is -8.54. The average molecular weight is 848 g/mol. The number of para-hydroxylation sites is 4. The molecule has 0 amide bonds. The first-order chi connectivity index (χ1) is 32.5. The van der Waals surface area contributed by atoms with Crippen molar-refractivity contribution >= 4 is 83.8 Å². The zero-order valence-electron chi connectivity index (χ0n) is 36.8. The van der Waals surface area contributed by atoms with E-state index in [2.05, 4.69) is 253 Å². The van der Waals surface area contributed by atoms with Crippen LogP contribution in [0.3, 0.4) is 0 Å². The number of hydrogen-bond donors (Lipinski definition) is 0. The number of anilines is 9. The van der Waals surface area contributed by atoms with E-state index in [4.69, 9.17) is 9.97 Å². The van der Waals surface area contributed by atoms with Crippen LogP contribution in [0.1, 0.15) is 25.0 Å². The molecule has 66 heavy (non-hydrogen) atoms. The van der Waals surface area contributed by atoms with Crippen molar-refractivity contribution in [1.82, 2.24) is 9.97 Å². The van der Waals surface area contributed by atoms with Crippen LogP contribution in [0.2, 0.25) is 0 Å². The van der Waals surface area contributed by atoms with Gasteiger partial charge in [0.2, 0.25) is 0 Å². The molecule has 1 aliphatic rings. The third-order valence-electron chi connectivity index (χ3n) is 13.2. The Kier molecular flexibility index (Phi) is 9.42. The highest BCUT2D eigenvalue weighted by molar-refractivity contribution is 6.24. The van der Waals surface area contributed by atoms with Gasteiger partial charge in [0.25, 0.3) is 0 Å². The summed E-state index contributed by atoms with van der Waals surface area (Å²) in [6, 6.07) is 80.9. The molecule has 12 rings (SSSR count). The average Bonchev–Trinajstić information content (AvgIpc) is 3.38. The summed E-state index contributed by atoms with van der Waals surface area (Å²) in [5.74, 6) is 0. The van der Waals surface area contributed by atoms with Gasteiger partial charge in [-0.2, -0.15) is 0 Å². The van der Waals surface area contributed by atoms with Crippen LogP contribution in [0.4, 0.5) is 51.2 Å². The van der Waals surface area contributed by atoms with E-state index in [1.165, 1.54) is 16.7 Å². The van der Waals surface area contributed by atoms with E-state index < -0.39 is 5.41 Å². The van der Waals surface area contributed by atoms with Crippen LogP contribution in [0.15, 0.2) is 237 Å². The van der Waals surface area contributed by atoms with Crippen molar-refractivity contribution in [2.24, 2.45) is 0 Å². The number of hydrogen-bond acceptors (Lipinski definition) is 5. The largest absolute Gasteiger partial charge is 0.310 e. The molecule has 0 unspecified atom stereocenters. The highest BCUT2D eigenvalue weighted by atomic mass is 15.2. The number of aromatic nitrogens is 2. The second kappa shape index (κ2) is 15.9. The minimum absolute atomic E-state index is 0.412. The summed E-state index contributed by atoms with van der Waals surface area (Å²) in [4.78, 5) is 17.0. The molecule has 0 saturated heterocycles. The minimum atomic E-state index is -0.412. The van der Waals surface area contributed by atoms with Gasteiger partial charge in [0, 0.05) is 68.4 Å². The van der Waals surface area contributed by atoms with Crippen LogP contribution in [-0.4, -0.2) is 9.97 Å². The van der Waals surface area contributed by atoms with Crippen LogP contribution in [0, 0.1) is 0 Å². The Morgan fingerprint density at radius 2 is 0.758 bits per heavy atom. The van der Waals surface area contributed by atoms with Gasteiger partial charge in [0.1, 0.15) is 0 Å². The summed E-state index contributed by atoms with van der Waals surface area (Å²) >= 11 is 0. The Morgan fingerprint density at radius 1 is 0.348 bits per heavy atom. The Bertz CT molecular complexity index is 3340. The molecule has 0 aliphatic carbocycles. The Morgan fingerprint density at radius 3 is 1.21 bits per heavy atom. The molecule has 2 heterocycles. The molecule has 0 radical (unpaired) electrons. The molecule has 0 fully saturated rings. The number of rotatable bonds is 8. The number of benzene rings is 10. The topological polar surface area (TPSA) is 35.5 Å². The first-order valence-electron chi connectivity index (χ1n) is 22.6. The molecule has 1 aliphatic heterocycles. The summed E-state index contributed by atoms with van der Waals surface area (Å²) in [7, 11) is 0. The Balaban J connectivity index is 1.11. The van der Waals surface area contributed by atoms with E-state index in [9.17, 15) is 0 Å². The highest BCUT2D eigenvalue weighted by Crippen LogP contribution is 2.55. The maximum absolute atomic E-state index is 4.94. The zero-order valence-corrected chi connectivity index (χ0v) is 36.8. The molecule has 0 bridgehead atoms. The van der Waals surface area contributed by atoms with E-state index >= 15 is 0 Å². The van der Waals surface area contributed by atoms with Gasteiger partial charge >= 0.3 is 0 Å². The molecule has 10 aromatic carbocycles. The van der Waals surface area contributed by atoms with Gasteiger partial charge in [0.15, 0.2) is 0 Å². The third-order valence-corrected chi connectivity index (χ3v) is 13.2. The third kappa shape index (κ3) is 6.55. The SMILES string of the molecule is CC1(C)c2cc(N(c3ccccc3)c3ccccc3)ccc2N(c2ccc3c(c2)c2cc(-c4ccccc4)ccc2c2nccnc32)c2ccc(N(c3ccccc3)c3ccccc3)cc21. The van der Waals surface area contributed by atoms with Crippen molar-refractivity contribution in [3.8, 4) is 11.1 Å². The lowest BCUT2D eigenvalue weighted by atomic mass is 9.73. The maximum Gasteiger partial charge on any atom is 0.0971 e. The predicted molar refractivity (Wildman–Crippen MR) is 276 cm³/mol. The molecule has 314 valence electrons. The lowest BCUT2D eigenvalue weighted by Gasteiger charge is -2.43. The summed E-state index contributed by atoms with van der Waals surface area (Å²) in [5, 5.41) is 4.44. The molecule has 0 N–H and O–H groups in total. The zero-order chi connectivity index (χ0) is 44.2. The molecule has 0 spiro atoms. The molecular formula is C61H45N5. The molecule has 5 nitrogen and oxygen atoms in total. The quantitative estimate of drug-likeness (QED) is 0.142. The smallest absolute Gasteiger partial charge is 0.0971 e. The fourth-order valence-electron chi connectivity index (χ4n) is 10.1. The van der Waals surface area contributed by atoms with Crippen molar-refractivity contribution < 1.29 is 0 Å². The lowest BCUT2D eigenvalue weighted by molar-refractivity contribution is 0.632. The fraction of sp³-hybridized carbons (Fsp3) is 0.0492. The molecule has 5 heteroatoms. The van der Waals surface area contributed by atoms with Gasteiger partial charge in [-0.1, -0.05) is 135 Å². The van der Waals surface area contributed by atoms with E-state index in [-0.39, 0.29) is 0 Å². The molecule has 0 atom stereocenters. The van der Waals surface area contributed by atoms with Crippen molar-refractivity contribution in [1.29, 1.82) is 0 Å². The van der Waals surface area contributed by atoms with Gasteiger partial charge in [-0.15, -0.1) is 0 Å². The van der Waals surface area contributed by atoms with Crippen LogP contribution in [0.25, 0.3) is 43.7 Å². The monoisotopic (exact) mass is 847 g/mol. The predicted octanol–water partition coefficient (Wildman–Crippen LogP) is 16.7. The maximum atomic E-state index is 4.94. The standard InChI is InChI=1S/C61H45N5/c1-61(2)55-40-49(64(44-20-10-4-11-21-44)45-22-12-5-13-23-45)30-34-57(55)66(58-35-31-50(41-56(58)61)65(46-24-14-6-15-25-46)47-26-16-7-17-27-47)48-29-33-52-54(39-48)53-38-43(42-18-8-3-9-19-42)28-32-51(53)59-60(52)63-37-36-62-59/h3-41H,1-2H3. The summed E-state index contributed by atoms with van der Waals surface area (Å²) in [6.07, 6.45) is 3.60. The normalized spacial score (nSPS) is 12.8. The first kappa shape index (κ1) is 39.1. The number of nitrogens with zero attached hydrogens (tertiary/aromatic N) is 5. The molecule has 0 saturated carbocycles. The summed E-state index contributed by atoms with van der Waals surface area (Å²) in [6.45, 7) is 4.76. The highest BCUT2D eigenvalue weighted by Gasteiger charge is 2.38. The van der Waals surface area contributed by atoms with E-state index in [0.29, 0.717) is 0 Å². The molecular weight excluding hydrogens is 803 g/mol. The van der Waals surface area contributed by atoms with Gasteiger partial charge in [0.05, 0.1) is 22.4 Å². The summed E-state index contributed by atoms with van der Waals surface area (Å²) in [5.41, 5.74) is 16.1. The minimum Gasteiger partial charge on any atom is -0.310 e. The van der Waals surface area contributed by atoms with E-state index in [1.807, 2.05) is 0 Å². The first-order valence-corrected chi connectivity index (χ1v) is 22.6. The second-order valence-corrected chi connectivity index (χ2v) is 17.5.